The monoisotopic (exact) mass is 236 g/mol. The van der Waals surface area contributed by atoms with Crippen molar-refractivity contribution in [3.05, 3.63) is 0 Å². The molecule has 6 heteroatoms. The molecule has 0 heterocycles. The molecule has 3 N–H and O–H groups in total. The van der Waals surface area contributed by atoms with Crippen LogP contribution in [0.4, 0.5) is 0 Å². The van der Waals surface area contributed by atoms with Gasteiger partial charge in [-0.15, -0.1) is 0 Å². The van der Waals surface area contributed by atoms with Crippen molar-refractivity contribution in [3.63, 3.8) is 0 Å². The fraction of sp³-hybridized carbons (Fsp3) is 0.900. The zero-order chi connectivity index (χ0) is 12.7. The summed E-state index contributed by atoms with van der Waals surface area (Å²) in [6.07, 6.45) is 0.536. The molecule has 0 amide bonds. The fourth-order valence-electron chi connectivity index (χ4n) is 1.40. The van der Waals surface area contributed by atoms with Gasteiger partial charge in [0.2, 0.25) is 0 Å². The van der Waals surface area contributed by atoms with E-state index in [1.54, 1.807) is 6.92 Å². The van der Waals surface area contributed by atoms with E-state index >= 15 is 0 Å². The predicted octanol–water partition coefficient (Wildman–Crippen LogP) is -1.08. The van der Waals surface area contributed by atoms with Crippen LogP contribution in [0.5, 0.6) is 0 Å². The van der Waals surface area contributed by atoms with Gasteiger partial charge in [0.05, 0.1) is 25.2 Å². The average molecular weight is 236 g/mol. The minimum atomic E-state index is -1.42. The second kappa shape index (κ2) is 6.93. The molecule has 0 saturated carbocycles. The van der Waals surface area contributed by atoms with Crippen molar-refractivity contribution in [2.45, 2.75) is 19.6 Å². The number of ether oxygens (including phenoxy) is 2. The number of rotatable bonds is 9. The van der Waals surface area contributed by atoms with Gasteiger partial charge in [0, 0.05) is 6.61 Å². The Kier molecular flexibility index (Phi) is 6.70. The number of hydrogen-bond donors (Lipinski definition) is 3. The summed E-state index contributed by atoms with van der Waals surface area (Å²) in [5.41, 5.74) is -1.36. The Bertz CT molecular complexity index is 195. The van der Waals surface area contributed by atoms with Gasteiger partial charge in [-0.1, -0.05) is 0 Å². The summed E-state index contributed by atoms with van der Waals surface area (Å²) in [5.74, 6) is -1.42. The van der Waals surface area contributed by atoms with Gasteiger partial charge in [-0.05, 0) is 13.8 Å². The Morgan fingerprint density at radius 1 is 1.12 bits per heavy atom. The highest BCUT2D eigenvalue weighted by molar-refractivity contribution is 5.50. The minimum Gasteiger partial charge on any atom is -0.395 e. The summed E-state index contributed by atoms with van der Waals surface area (Å²) in [4.78, 5) is 10.3. The Morgan fingerprint density at radius 3 is 1.94 bits per heavy atom. The summed E-state index contributed by atoms with van der Waals surface area (Å²) in [5, 5.41) is 27.8. The van der Waals surface area contributed by atoms with Crippen molar-refractivity contribution in [3.8, 4) is 0 Å². The smallest absolute Gasteiger partial charge is 0.178 e. The molecule has 0 radical (unpaired) electrons. The molecule has 6 nitrogen and oxygen atoms in total. The first kappa shape index (κ1) is 15.5. The highest BCUT2D eigenvalue weighted by atomic mass is 16.7. The van der Waals surface area contributed by atoms with Gasteiger partial charge in [0.1, 0.15) is 12.9 Å². The molecular formula is C10H20O6. The summed E-state index contributed by atoms with van der Waals surface area (Å²) in [7, 11) is 0. The third kappa shape index (κ3) is 2.99. The second-order valence-electron chi connectivity index (χ2n) is 3.61. The van der Waals surface area contributed by atoms with Gasteiger partial charge in [-0.3, -0.25) is 0 Å². The number of aldehydes is 1. The van der Waals surface area contributed by atoms with E-state index in [-0.39, 0.29) is 13.2 Å². The van der Waals surface area contributed by atoms with Gasteiger partial charge in [-0.2, -0.15) is 0 Å². The molecule has 0 fully saturated rings. The third-order valence-corrected chi connectivity index (χ3v) is 2.72. The van der Waals surface area contributed by atoms with Crippen LogP contribution in [0.25, 0.3) is 0 Å². The lowest BCUT2D eigenvalue weighted by Crippen LogP contribution is -2.57. The van der Waals surface area contributed by atoms with E-state index in [1.165, 1.54) is 6.92 Å². The average Bonchev–Trinajstić information content (AvgIpc) is 2.30. The molecular weight excluding hydrogens is 216 g/mol. The lowest BCUT2D eigenvalue weighted by Gasteiger charge is -2.44. The van der Waals surface area contributed by atoms with Crippen molar-refractivity contribution in [2.24, 2.45) is 5.41 Å². The molecule has 0 aromatic heterocycles. The molecule has 0 rings (SSSR count). The fourth-order valence-corrected chi connectivity index (χ4v) is 1.40. The number of hydrogen-bond acceptors (Lipinski definition) is 6. The van der Waals surface area contributed by atoms with E-state index in [4.69, 9.17) is 9.47 Å². The van der Waals surface area contributed by atoms with Crippen LogP contribution in [0.2, 0.25) is 0 Å². The molecule has 0 spiro atoms. The molecule has 16 heavy (non-hydrogen) atoms. The van der Waals surface area contributed by atoms with Gasteiger partial charge in [0.15, 0.2) is 5.79 Å². The Hall–Kier alpha value is -0.530. The Morgan fingerprint density at radius 2 is 1.62 bits per heavy atom. The van der Waals surface area contributed by atoms with Crippen LogP contribution in [0, 0.1) is 5.41 Å². The van der Waals surface area contributed by atoms with Crippen molar-refractivity contribution in [1.29, 1.82) is 0 Å². The van der Waals surface area contributed by atoms with E-state index in [9.17, 15) is 20.1 Å². The molecule has 0 aromatic rings. The van der Waals surface area contributed by atoms with Gasteiger partial charge < -0.3 is 29.6 Å². The maximum absolute atomic E-state index is 10.3. The zero-order valence-electron chi connectivity index (χ0n) is 9.68. The first-order valence-corrected chi connectivity index (χ1v) is 5.10. The topological polar surface area (TPSA) is 96.2 Å². The van der Waals surface area contributed by atoms with Crippen LogP contribution in [0.15, 0.2) is 0 Å². The van der Waals surface area contributed by atoms with Crippen LogP contribution < -0.4 is 0 Å². The molecule has 0 aromatic carbocycles. The maximum Gasteiger partial charge on any atom is 0.178 e. The van der Waals surface area contributed by atoms with E-state index in [2.05, 4.69) is 0 Å². The largest absolute Gasteiger partial charge is 0.395 e. The molecule has 0 aliphatic rings. The van der Waals surface area contributed by atoms with Crippen LogP contribution in [-0.4, -0.2) is 60.4 Å². The van der Waals surface area contributed by atoms with Crippen LogP contribution in [-0.2, 0) is 14.3 Å². The van der Waals surface area contributed by atoms with Crippen LogP contribution in [0.1, 0.15) is 13.8 Å². The van der Waals surface area contributed by atoms with Crippen LogP contribution >= 0.6 is 0 Å². The Labute approximate surface area is 94.8 Å². The molecule has 1 unspecified atom stereocenters. The van der Waals surface area contributed by atoms with Gasteiger partial charge in [-0.25, -0.2) is 0 Å². The van der Waals surface area contributed by atoms with E-state index in [0.717, 1.165) is 0 Å². The first-order valence-electron chi connectivity index (χ1n) is 5.10. The maximum atomic E-state index is 10.3. The summed E-state index contributed by atoms with van der Waals surface area (Å²) in [6.45, 7) is 1.65. The van der Waals surface area contributed by atoms with E-state index < -0.39 is 31.0 Å². The number of carbonyl (C=O) groups excluding carboxylic acids is 1. The normalized spacial score (nSPS) is 15.8. The SMILES string of the molecule is CCOC(C)(OCC=O)C(CO)(CO)CO. The number of aliphatic hydroxyl groups is 3. The zero-order valence-corrected chi connectivity index (χ0v) is 9.68. The molecule has 0 aliphatic heterocycles. The van der Waals surface area contributed by atoms with E-state index in [1.807, 2.05) is 0 Å². The van der Waals surface area contributed by atoms with E-state index in [0.29, 0.717) is 6.29 Å². The van der Waals surface area contributed by atoms with Gasteiger partial charge in [0.25, 0.3) is 0 Å². The van der Waals surface area contributed by atoms with Crippen molar-refractivity contribution < 1.29 is 29.6 Å². The Balaban J connectivity index is 5.01. The first-order chi connectivity index (χ1) is 7.55. The quantitative estimate of drug-likeness (QED) is 0.348. The standard InChI is InChI=1S/C10H20O6/c1-3-15-9(2,16-5-4-11)10(6-12,7-13)8-14/h4,12-14H,3,5-8H2,1-2H3. The highest BCUT2D eigenvalue weighted by Crippen LogP contribution is 2.35. The van der Waals surface area contributed by atoms with Crippen LogP contribution in [0.3, 0.4) is 0 Å². The summed E-state index contributed by atoms with van der Waals surface area (Å²) in [6, 6.07) is 0. The van der Waals surface area contributed by atoms with Crippen molar-refractivity contribution in [2.75, 3.05) is 33.0 Å². The molecule has 0 bridgehead atoms. The second-order valence-corrected chi connectivity index (χ2v) is 3.61. The van der Waals surface area contributed by atoms with Crippen molar-refractivity contribution in [1.82, 2.24) is 0 Å². The highest BCUT2D eigenvalue weighted by Gasteiger charge is 2.49. The number of aliphatic hydroxyl groups excluding tert-OH is 3. The third-order valence-electron chi connectivity index (χ3n) is 2.72. The van der Waals surface area contributed by atoms with Crippen molar-refractivity contribution >= 4 is 6.29 Å². The predicted molar refractivity (Wildman–Crippen MR) is 55.7 cm³/mol. The summed E-state index contributed by atoms with van der Waals surface area (Å²) >= 11 is 0. The number of carbonyl (C=O) groups is 1. The minimum absolute atomic E-state index is 0.238. The molecule has 0 saturated heterocycles. The van der Waals surface area contributed by atoms with Gasteiger partial charge >= 0.3 is 0 Å². The molecule has 1 atom stereocenters. The molecule has 96 valence electrons. The molecule has 0 aliphatic carbocycles. The lowest BCUT2D eigenvalue weighted by molar-refractivity contribution is -0.305. The lowest BCUT2D eigenvalue weighted by atomic mass is 9.82. The summed E-state index contributed by atoms with van der Waals surface area (Å²) < 4.78 is 10.5.